The molecule has 6 aliphatic rings. The first-order chi connectivity index (χ1) is 22.6. The van der Waals surface area contributed by atoms with Crippen molar-refractivity contribution in [2.75, 3.05) is 13.2 Å². The monoisotopic (exact) mass is 668 g/mol. The number of allylic oxidation sites excluding steroid dienone is 1. The number of aromatic nitrogens is 2. The first kappa shape index (κ1) is 34.5. The molecule has 266 valence electrons. The predicted octanol–water partition coefficient (Wildman–Crippen LogP) is 3.46. The van der Waals surface area contributed by atoms with Gasteiger partial charge in [0.05, 0.1) is 30.0 Å². The van der Waals surface area contributed by atoms with Crippen LogP contribution in [0.15, 0.2) is 24.5 Å². The summed E-state index contributed by atoms with van der Waals surface area (Å²) >= 11 is 0. The van der Waals surface area contributed by atoms with Crippen molar-refractivity contribution in [1.82, 2.24) is 9.97 Å². The molecule has 5 N–H and O–H groups in total. The summed E-state index contributed by atoms with van der Waals surface area (Å²) in [5.74, 6) is 0.673. The number of hydrogen-bond donors (Lipinski definition) is 5. The summed E-state index contributed by atoms with van der Waals surface area (Å²) in [4.78, 5) is 24.1. The molecule has 10 heteroatoms. The number of hydrogen-bond acceptors (Lipinski definition) is 10. The lowest BCUT2D eigenvalue weighted by atomic mass is 9.32. The highest BCUT2D eigenvalue weighted by atomic mass is 16.7. The van der Waals surface area contributed by atoms with Crippen LogP contribution in [-0.4, -0.2) is 85.4 Å². The van der Waals surface area contributed by atoms with Crippen LogP contribution in [0, 0.1) is 51.2 Å². The molecule has 1 aromatic heterocycles. The number of aliphatic hydroxyl groups is 5. The molecule has 2 heterocycles. The molecule has 15 atom stereocenters. The zero-order valence-electron chi connectivity index (χ0n) is 29.3. The van der Waals surface area contributed by atoms with Gasteiger partial charge >= 0.3 is 5.97 Å². The van der Waals surface area contributed by atoms with Crippen molar-refractivity contribution in [3.63, 3.8) is 0 Å². The van der Waals surface area contributed by atoms with Gasteiger partial charge in [0.2, 0.25) is 6.29 Å². The van der Waals surface area contributed by atoms with Gasteiger partial charge in [-0.1, -0.05) is 39.8 Å². The lowest BCUT2D eigenvalue weighted by Gasteiger charge is -2.72. The molecule has 4 saturated carbocycles. The molecule has 10 nitrogen and oxygen atoms in total. The van der Waals surface area contributed by atoms with E-state index in [1.807, 2.05) is 0 Å². The third-order valence-corrected chi connectivity index (χ3v) is 15.8. The van der Waals surface area contributed by atoms with E-state index in [2.05, 4.69) is 41.2 Å². The zero-order chi connectivity index (χ0) is 34.6. The van der Waals surface area contributed by atoms with E-state index >= 15 is 0 Å². The van der Waals surface area contributed by atoms with Gasteiger partial charge in [0.25, 0.3) is 0 Å². The maximum absolute atomic E-state index is 14.5. The van der Waals surface area contributed by atoms with Crippen molar-refractivity contribution < 1.29 is 39.8 Å². The molecule has 1 saturated heterocycles. The van der Waals surface area contributed by atoms with Crippen LogP contribution in [0.5, 0.6) is 0 Å². The Balaban J connectivity index is 1.23. The third kappa shape index (κ3) is 4.41. The first-order valence-electron chi connectivity index (χ1n) is 18.2. The zero-order valence-corrected chi connectivity index (χ0v) is 29.3. The van der Waals surface area contributed by atoms with E-state index in [-0.39, 0.29) is 46.5 Å². The first-order valence-corrected chi connectivity index (χ1v) is 18.2. The summed E-state index contributed by atoms with van der Waals surface area (Å²) in [6, 6.07) is 0. The van der Waals surface area contributed by atoms with Crippen molar-refractivity contribution >= 4 is 5.97 Å². The maximum Gasteiger partial charge on any atom is 0.314 e. The SMILES string of the molecule is C=C(C)[C@@H]1CC[C@]2(C(=O)O[C@@H]3O[C@H](CO)[C@@H](O)[C@H](O)[C@H]3O)CC[C@]3(C)[C@H](CC[C@@H]4[C@@]5(C)Cc6nccnc6[C@@](C)(CO)[C@@H]5CC[C@]43C)[C@@H]12. The van der Waals surface area contributed by atoms with Crippen LogP contribution < -0.4 is 0 Å². The Labute approximate surface area is 284 Å². The van der Waals surface area contributed by atoms with Crippen molar-refractivity contribution in [2.45, 2.75) is 129 Å². The second kappa shape index (κ2) is 11.5. The molecule has 48 heavy (non-hydrogen) atoms. The Morgan fingerprint density at radius 3 is 2.33 bits per heavy atom. The Hall–Kier alpha value is -1.95. The van der Waals surface area contributed by atoms with Crippen LogP contribution in [0.4, 0.5) is 0 Å². The Kier molecular flexibility index (Phi) is 8.29. The van der Waals surface area contributed by atoms with E-state index in [1.165, 1.54) is 0 Å². The van der Waals surface area contributed by atoms with Crippen molar-refractivity contribution in [3.8, 4) is 0 Å². The Bertz CT molecular complexity index is 1460. The fourth-order valence-electron chi connectivity index (χ4n) is 13.2. The predicted molar refractivity (Wildman–Crippen MR) is 176 cm³/mol. The Morgan fingerprint density at radius 1 is 0.917 bits per heavy atom. The van der Waals surface area contributed by atoms with Crippen LogP contribution in [0.1, 0.15) is 97.4 Å². The van der Waals surface area contributed by atoms with Gasteiger partial charge < -0.3 is 35.0 Å². The molecule has 1 aliphatic heterocycles. The third-order valence-electron chi connectivity index (χ3n) is 15.8. The fourth-order valence-corrected chi connectivity index (χ4v) is 13.2. The summed E-state index contributed by atoms with van der Waals surface area (Å²) < 4.78 is 11.6. The number of aliphatic hydroxyl groups excluding tert-OH is 5. The molecule has 5 aliphatic carbocycles. The van der Waals surface area contributed by atoms with Gasteiger partial charge in [-0.25, -0.2) is 0 Å². The van der Waals surface area contributed by atoms with Gasteiger partial charge in [0.1, 0.15) is 24.4 Å². The van der Waals surface area contributed by atoms with E-state index in [1.54, 1.807) is 12.4 Å². The number of fused-ring (bicyclic) bond motifs is 8. The molecule has 0 spiro atoms. The molecule has 7 rings (SSSR count). The van der Waals surface area contributed by atoms with E-state index < -0.39 is 54.1 Å². The molecule has 0 amide bonds. The second-order valence-corrected chi connectivity index (χ2v) is 17.5. The highest BCUT2D eigenvalue weighted by Crippen LogP contribution is 2.77. The van der Waals surface area contributed by atoms with Gasteiger partial charge in [-0.15, -0.1) is 0 Å². The van der Waals surface area contributed by atoms with Gasteiger partial charge in [-0.05, 0) is 111 Å². The second-order valence-electron chi connectivity index (χ2n) is 17.5. The summed E-state index contributed by atoms with van der Waals surface area (Å²) in [6.45, 7) is 15.6. The minimum Gasteiger partial charge on any atom is -0.432 e. The molecule has 0 unspecified atom stereocenters. The number of rotatable bonds is 5. The molecular weight excluding hydrogens is 612 g/mol. The number of carbonyl (C=O) groups is 1. The van der Waals surface area contributed by atoms with Crippen LogP contribution in [0.2, 0.25) is 0 Å². The van der Waals surface area contributed by atoms with Crippen molar-refractivity contribution in [2.24, 2.45) is 51.2 Å². The average molecular weight is 669 g/mol. The van der Waals surface area contributed by atoms with Crippen LogP contribution in [0.25, 0.3) is 0 Å². The fraction of sp³-hybridized carbons (Fsp3) is 0.816. The molecule has 0 radical (unpaired) electrons. The van der Waals surface area contributed by atoms with Gasteiger partial charge in [0.15, 0.2) is 0 Å². The molecule has 0 aromatic carbocycles. The molecule has 0 bridgehead atoms. The smallest absolute Gasteiger partial charge is 0.314 e. The highest BCUT2D eigenvalue weighted by molar-refractivity contribution is 5.78. The van der Waals surface area contributed by atoms with E-state index in [0.29, 0.717) is 18.8 Å². The van der Waals surface area contributed by atoms with Crippen LogP contribution >= 0.6 is 0 Å². The largest absolute Gasteiger partial charge is 0.432 e. The van der Waals surface area contributed by atoms with E-state index in [9.17, 15) is 30.3 Å². The maximum atomic E-state index is 14.5. The van der Waals surface area contributed by atoms with Crippen molar-refractivity contribution in [1.29, 1.82) is 0 Å². The van der Waals surface area contributed by atoms with Crippen LogP contribution in [0.3, 0.4) is 0 Å². The summed E-state index contributed by atoms with van der Waals surface area (Å²) in [5, 5.41) is 52.1. The minimum atomic E-state index is -1.63. The summed E-state index contributed by atoms with van der Waals surface area (Å²) in [7, 11) is 0. The van der Waals surface area contributed by atoms with E-state index in [4.69, 9.17) is 19.4 Å². The van der Waals surface area contributed by atoms with Gasteiger partial charge in [-0.2, -0.15) is 0 Å². The van der Waals surface area contributed by atoms with Crippen LogP contribution in [-0.2, 0) is 26.1 Å². The quantitative estimate of drug-likeness (QED) is 0.232. The lowest BCUT2D eigenvalue weighted by molar-refractivity contribution is -0.298. The number of esters is 1. The Morgan fingerprint density at radius 2 is 1.65 bits per heavy atom. The highest BCUT2D eigenvalue weighted by Gasteiger charge is 2.72. The van der Waals surface area contributed by atoms with Gasteiger partial charge in [0, 0.05) is 17.8 Å². The molecule has 5 fully saturated rings. The minimum absolute atomic E-state index is 0.00715. The summed E-state index contributed by atoms with van der Waals surface area (Å²) in [6.07, 6.45) is 4.04. The normalized spacial score (nSPS) is 51.0. The lowest BCUT2D eigenvalue weighted by Crippen LogP contribution is -2.67. The number of nitrogens with zero attached hydrogens (tertiary/aromatic N) is 2. The molecule has 1 aromatic rings. The average Bonchev–Trinajstić information content (AvgIpc) is 3.46. The summed E-state index contributed by atoms with van der Waals surface area (Å²) in [5.41, 5.74) is 1.67. The molecular formula is C38H56N2O8. The number of carbonyl (C=O) groups excluding carboxylic acids is 1. The standard InChI is InChI=1S/C38H56N2O8/c1-20(2)21-9-12-38(33(46)48-32-30(45)29(44)28(43)24(18-41)47-32)14-13-36(5)22(27(21)38)7-8-26-34(3)17-23-31(40-16-15-39-23)35(4,19-42)25(34)10-11-37(26,36)6/h15-16,21-22,24-30,32,41-45H,1,7-14,17-19H2,2-6H3/t21-,22+,24+,25+,26+,27+,28+,29-,30+,32-,34-,35-,36+,37+,38-/m0/s1. The topological polar surface area (TPSA) is 162 Å². The van der Waals surface area contributed by atoms with E-state index in [0.717, 1.165) is 61.9 Å². The number of ether oxygens (including phenoxy) is 2. The van der Waals surface area contributed by atoms with Crippen molar-refractivity contribution in [3.05, 3.63) is 35.9 Å². The van der Waals surface area contributed by atoms with Gasteiger partial charge in [-0.3, -0.25) is 14.8 Å².